The van der Waals surface area contributed by atoms with Crippen molar-refractivity contribution < 1.29 is 0 Å². The van der Waals surface area contributed by atoms with Crippen LogP contribution in [0, 0.1) is 0 Å². The first-order valence-electron chi connectivity index (χ1n) is 1.91. The number of hydrogen-bond acceptors (Lipinski definition) is 4. The first kappa shape index (κ1) is 9.84. The predicted molar refractivity (Wildman–Crippen MR) is 39.9 cm³/mol. The summed E-state index contributed by atoms with van der Waals surface area (Å²) in [6, 6.07) is 0. The Morgan fingerprint density at radius 3 is 1.10 bits per heavy atom. The topological polar surface area (TPSA) is 73.7 Å². The fraction of sp³-hybridized carbons (Fsp3) is 0. The van der Waals surface area contributed by atoms with Crippen LogP contribution in [0.5, 0.6) is 0 Å². The van der Waals surface area contributed by atoms with Gasteiger partial charge in [-0.2, -0.15) is 15.0 Å². The maximum absolute atomic E-state index is 5.32. The van der Waals surface area contributed by atoms with E-state index in [4.69, 9.17) is 34.8 Å². The maximum atomic E-state index is 5.32. The van der Waals surface area contributed by atoms with Crippen molar-refractivity contribution in [2.45, 2.75) is 0 Å². The molecule has 0 aliphatic rings. The third kappa shape index (κ3) is 2.62. The van der Waals surface area contributed by atoms with E-state index in [1.54, 1.807) is 0 Å². The molecule has 0 aromatic carbocycles. The molecule has 0 spiro atoms. The molecule has 0 radical (unpaired) electrons. The number of halogens is 3. The zero-order valence-electron chi connectivity index (χ0n) is 4.68. The van der Waals surface area contributed by atoms with E-state index in [1.165, 1.54) is 0 Å². The fourth-order valence-corrected chi connectivity index (χ4v) is 0.913. The summed E-state index contributed by atoms with van der Waals surface area (Å²) in [5.74, 6) is 0. The van der Waals surface area contributed by atoms with Crippen LogP contribution in [0.1, 0.15) is 0 Å². The van der Waals surface area contributed by atoms with Crippen molar-refractivity contribution in [3.05, 3.63) is 15.9 Å². The molecule has 1 heterocycles. The van der Waals surface area contributed by atoms with E-state index < -0.39 is 0 Å². The van der Waals surface area contributed by atoms with E-state index in [0.29, 0.717) is 0 Å². The smallest absolute Gasteiger partial charge is 0.227 e. The molecule has 0 aliphatic carbocycles. The molecule has 0 saturated carbocycles. The normalized spacial score (nSPS) is 8.70. The van der Waals surface area contributed by atoms with Gasteiger partial charge < -0.3 is 6.15 Å². The minimum absolute atomic E-state index is 0. The molecule has 56 valence electrons. The Kier molecular flexibility index (Phi) is 3.81. The molecule has 0 unspecified atom stereocenters. The van der Waals surface area contributed by atoms with Crippen molar-refractivity contribution in [3.8, 4) is 0 Å². The fourth-order valence-electron chi connectivity index (χ4n) is 0.303. The minimum Gasteiger partial charge on any atom is -0.344 e. The van der Waals surface area contributed by atoms with Crippen molar-refractivity contribution in [1.29, 1.82) is 0 Å². The Morgan fingerprint density at radius 1 is 0.700 bits per heavy atom. The summed E-state index contributed by atoms with van der Waals surface area (Å²) in [6.07, 6.45) is 0. The van der Waals surface area contributed by atoms with Gasteiger partial charge in [0.1, 0.15) is 0 Å². The Bertz CT molecular complexity index is 177. The quantitative estimate of drug-likeness (QED) is 0.697. The molecule has 0 saturated heterocycles. The van der Waals surface area contributed by atoms with Gasteiger partial charge in [-0.3, -0.25) is 0 Å². The zero-order chi connectivity index (χ0) is 6.85. The Labute approximate surface area is 72.1 Å². The van der Waals surface area contributed by atoms with E-state index in [-0.39, 0.29) is 22.0 Å². The SMILES string of the molecule is Clc1nc(Cl)nc(Cl)n1.N. The van der Waals surface area contributed by atoms with Crippen molar-refractivity contribution >= 4 is 34.8 Å². The first-order valence-corrected chi connectivity index (χ1v) is 3.04. The van der Waals surface area contributed by atoms with Crippen LogP contribution >= 0.6 is 34.8 Å². The van der Waals surface area contributed by atoms with Gasteiger partial charge in [0.15, 0.2) is 0 Å². The van der Waals surface area contributed by atoms with Crippen molar-refractivity contribution in [2.75, 3.05) is 0 Å². The van der Waals surface area contributed by atoms with Crippen LogP contribution in [-0.4, -0.2) is 15.0 Å². The van der Waals surface area contributed by atoms with Crippen LogP contribution in [-0.2, 0) is 0 Å². The van der Waals surface area contributed by atoms with Crippen molar-refractivity contribution in [2.24, 2.45) is 0 Å². The van der Waals surface area contributed by atoms with Crippen LogP contribution in [0.25, 0.3) is 0 Å². The van der Waals surface area contributed by atoms with Gasteiger partial charge >= 0.3 is 0 Å². The molecule has 4 nitrogen and oxygen atoms in total. The molecule has 0 atom stereocenters. The van der Waals surface area contributed by atoms with E-state index in [0.717, 1.165) is 0 Å². The van der Waals surface area contributed by atoms with Crippen LogP contribution in [0.2, 0.25) is 15.9 Å². The summed E-state index contributed by atoms with van der Waals surface area (Å²) < 4.78 is 0. The van der Waals surface area contributed by atoms with Crippen LogP contribution in [0.3, 0.4) is 0 Å². The Hall–Kier alpha value is -0.160. The van der Waals surface area contributed by atoms with E-state index in [9.17, 15) is 0 Å². The van der Waals surface area contributed by atoms with E-state index in [1.807, 2.05) is 0 Å². The molecular weight excluding hydrogens is 198 g/mol. The summed E-state index contributed by atoms with van der Waals surface area (Å²) in [7, 11) is 0. The molecule has 0 aliphatic heterocycles. The summed E-state index contributed by atoms with van der Waals surface area (Å²) in [4.78, 5) is 10.4. The molecule has 0 bridgehead atoms. The lowest BCUT2D eigenvalue weighted by Crippen LogP contribution is -1.87. The van der Waals surface area contributed by atoms with Crippen molar-refractivity contribution in [3.63, 3.8) is 0 Å². The van der Waals surface area contributed by atoms with Gasteiger partial charge in [0.05, 0.1) is 0 Å². The number of aromatic nitrogens is 3. The van der Waals surface area contributed by atoms with Gasteiger partial charge in [-0.15, -0.1) is 0 Å². The lowest BCUT2D eigenvalue weighted by atomic mass is 11.1. The first-order chi connectivity index (χ1) is 4.18. The van der Waals surface area contributed by atoms with Crippen LogP contribution < -0.4 is 6.15 Å². The monoisotopic (exact) mass is 200 g/mol. The third-order valence-corrected chi connectivity index (χ3v) is 1.06. The molecule has 1 rings (SSSR count). The lowest BCUT2D eigenvalue weighted by molar-refractivity contribution is 1.05. The number of hydrogen-bond donors (Lipinski definition) is 1. The lowest BCUT2D eigenvalue weighted by Gasteiger charge is -1.88. The summed E-state index contributed by atoms with van der Waals surface area (Å²) >= 11 is 16.0. The Morgan fingerprint density at radius 2 is 0.900 bits per heavy atom. The van der Waals surface area contributed by atoms with Gasteiger partial charge in [-0.05, 0) is 34.8 Å². The highest BCUT2D eigenvalue weighted by Gasteiger charge is 1.97. The van der Waals surface area contributed by atoms with Crippen LogP contribution in [0.15, 0.2) is 0 Å². The molecule has 7 heteroatoms. The molecule has 3 N–H and O–H groups in total. The summed E-state index contributed by atoms with van der Waals surface area (Å²) in [5.41, 5.74) is 0. The second kappa shape index (κ2) is 3.88. The highest BCUT2D eigenvalue weighted by Crippen LogP contribution is 2.08. The van der Waals surface area contributed by atoms with Gasteiger partial charge in [0.25, 0.3) is 0 Å². The molecule has 0 fully saturated rings. The second-order valence-electron chi connectivity index (χ2n) is 1.14. The highest BCUT2D eigenvalue weighted by molar-refractivity contribution is 6.33. The minimum atomic E-state index is 0. The molecule has 1 aromatic heterocycles. The third-order valence-electron chi connectivity index (χ3n) is 0.554. The highest BCUT2D eigenvalue weighted by atomic mass is 35.5. The van der Waals surface area contributed by atoms with Gasteiger partial charge in [0.2, 0.25) is 15.9 Å². The average molecular weight is 201 g/mol. The predicted octanol–water partition coefficient (Wildman–Crippen LogP) is 1.99. The summed E-state index contributed by atoms with van der Waals surface area (Å²) in [5, 5.41) is 0.00000000000000178. The van der Waals surface area contributed by atoms with E-state index in [2.05, 4.69) is 15.0 Å². The van der Waals surface area contributed by atoms with Crippen molar-refractivity contribution in [1.82, 2.24) is 21.1 Å². The number of rotatable bonds is 0. The van der Waals surface area contributed by atoms with Gasteiger partial charge in [0, 0.05) is 0 Å². The largest absolute Gasteiger partial charge is 0.344 e. The Balaban J connectivity index is 0.000000810. The van der Waals surface area contributed by atoms with E-state index >= 15 is 0 Å². The standard InChI is InChI=1S/C3Cl3N3.H3N/c4-1-7-2(5)9-3(6)8-1;/h;1H3. The molecule has 0 amide bonds. The maximum Gasteiger partial charge on any atom is 0.227 e. The molecular formula is C3H3Cl3N4. The van der Waals surface area contributed by atoms with Gasteiger partial charge in [-0.1, -0.05) is 0 Å². The molecule has 10 heavy (non-hydrogen) atoms. The summed E-state index contributed by atoms with van der Waals surface area (Å²) in [6.45, 7) is 0. The van der Waals surface area contributed by atoms with Gasteiger partial charge in [-0.25, -0.2) is 0 Å². The zero-order valence-corrected chi connectivity index (χ0v) is 6.95. The molecule has 1 aromatic rings. The number of nitrogens with zero attached hydrogens (tertiary/aromatic N) is 3. The average Bonchev–Trinajstić information content (AvgIpc) is 1.59. The second-order valence-corrected chi connectivity index (χ2v) is 2.16. The van der Waals surface area contributed by atoms with Crippen LogP contribution in [0.4, 0.5) is 0 Å².